The lowest BCUT2D eigenvalue weighted by molar-refractivity contribution is -0.117. The lowest BCUT2D eigenvalue weighted by Gasteiger charge is -2.15. The van der Waals surface area contributed by atoms with E-state index in [1.165, 1.54) is 13.0 Å². The summed E-state index contributed by atoms with van der Waals surface area (Å²) in [6.45, 7) is 1.50. The van der Waals surface area contributed by atoms with Crippen LogP contribution in [0.4, 0.5) is 5.69 Å². The van der Waals surface area contributed by atoms with Crippen LogP contribution in [0.3, 0.4) is 0 Å². The van der Waals surface area contributed by atoms with Crippen molar-refractivity contribution in [3.63, 3.8) is 0 Å². The Kier molecular flexibility index (Phi) is 6.20. The van der Waals surface area contributed by atoms with Crippen LogP contribution in [-0.4, -0.2) is 20.4 Å². The maximum absolute atomic E-state index is 12.8. The second-order valence-corrected chi connectivity index (χ2v) is 8.99. The van der Waals surface area contributed by atoms with E-state index in [0.717, 1.165) is 10.8 Å². The van der Waals surface area contributed by atoms with Gasteiger partial charge in [-0.2, -0.15) is 4.72 Å². The molecule has 0 aliphatic carbocycles. The van der Waals surface area contributed by atoms with Gasteiger partial charge in [0, 0.05) is 5.69 Å². The number of carbonyl (C=O) groups is 1. The van der Waals surface area contributed by atoms with Gasteiger partial charge in [-0.1, -0.05) is 48.5 Å². The maximum Gasteiger partial charge on any atom is 0.242 e. The molecular formula is C25H22N2O4S. The molecule has 0 saturated heterocycles. The number of para-hydroxylation sites is 1. The van der Waals surface area contributed by atoms with Crippen LogP contribution in [0.2, 0.25) is 0 Å². The number of hydrogen-bond acceptors (Lipinski definition) is 4. The summed E-state index contributed by atoms with van der Waals surface area (Å²) in [5.74, 6) is 0.867. The molecule has 0 bridgehead atoms. The summed E-state index contributed by atoms with van der Waals surface area (Å²) in [5.41, 5.74) is 0.534. The molecular weight excluding hydrogens is 424 g/mol. The topological polar surface area (TPSA) is 84.5 Å². The Labute approximate surface area is 186 Å². The minimum absolute atomic E-state index is 0.110. The molecule has 1 amide bonds. The van der Waals surface area contributed by atoms with Gasteiger partial charge in [-0.3, -0.25) is 4.79 Å². The monoisotopic (exact) mass is 446 g/mol. The molecule has 0 saturated carbocycles. The number of nitrogens with one attached hydrogen (secondary N) is 2. The third kappa shape index (κ3) is 5.14. The fourth-order valence-electron chi connectivity index (χ4n) is 3.17. The molecule has 0 fully saturated rings. The van der Waals surface area contributed by atoms with Gasteiger partial charge in [-0.05, 0) is 66.2 Å². The second kappa shape index (κ2) is 9.21. The highest BCUT2D eigenvalue weighted by atomic mass is 32.2. The lowest BCUT2D eigenvalue weighted by Crippen LogP contribution is -2.41. The van der Waals surface area contributed by atoms with Gasteiger partial charge in [0.1, 0.15) is 11.5 Å². The van der Waals surface area contributed by atoms with Crippen molar-refractivity contribution in [3.8, 4) is 11.5 Å². The van der Waals surface area contributed by atoms with E-state index in [9.17, 15) is 13.2 Å². The number of sulfonamides is 1. The van der Waals surface area contributed by atoms with E-state index in [0.29, 0.717) is 17.2 Å². The normalized spacial score (nSPS) is 12.3. The van der Waals surface area contributed by atoms with Crippen LogP contribution in [0.5, 0.6) is 11.5 Å². The largest absolute Gasteiger partial charge is 0.457 e. The molecule has 0 aliphatic heterocycles. The molecule has 0 aliphatic rings. The highest BCUT2D eigenvalue weighted by molar-refractivity contribution is 7.89. The first kappa shape index (κ1) is 21.5. The number of hydrogen-bond donors (Lipinski definition) is 2. The van der Waals surface area contributed by atoms with Crippen LogP contribution in [0.1, 0.15) is 6.92 Å². The molecule has 0 unspecified atom stereocenters. The molecule has 1 atom stereocenters. The predicted molar refractivity (Wildman–Crippen MR) is 125 cm³/mol. The first-order chi connectivity index (χ1) is 15.4. The van der Waals surface area contributed by atoms with Crippen LogP contribution in [0, 0.1) is 0 Å². The molecule has 4 rings (SSSR count). The number of carbonyl (C=O) groups excluding carboxylic acids is 1. The number of benzene rings is 4. The minimum atomic E-state index is -3.86. The van der Waals surface area contributed by atoms with Crippen LogP contribution in [0.15, 0.2) is 102 Å². The van der Waals surface area contributed by atoms with E-state index < -0.39 is 22.0 Å². The van der Waals surface area contributed by atoms with Crippen molar-refractivity contribution in [1.29, 1.82) is 0 Å². The zero-order valence-electron chi connectivity index (χ0n) is 17.4. The summed E-state index contributed by atoms with van der Waals surface area (Å²) in [4.78, 5) is 12.6. The van der Waals surface area contributed by atoms with Gasteiger partial charge in [0.15, 0.2) is 0 Å². The van der Waals surface area contributed by atoms with Crippen molar-refractivity contribution in [3.05, 3.63) is 97.1 Å². The molecule has 4 aromatic rings. The van der Waals surface area contributed by atoms with Crippen molar-refractivity contribution in [1.82, 2.24) is 4.72 Å². The van der Waals surface area contributed by atoms with Crippen molar-refractivity contribution in [2.24, 2.45) is 0 Å². The number of ether oxygens (including phenoxy) is 1. The average Bonchev–Trinajstić information content (AvgIpc) is 2.80. The Hall–Kier alpha value is -3.68. The van der Waals surface area contributed by atoms with Gasteiger partial charge in [-0.25, -0.2) is 8.42 Å². The Morgan fingerprint density at radius 1 is 0.781 bits per heavy atom. The van der Waals surface area contributed by atoms with Gasteiger partial charge < -0.3 is 10.1 Å². The SMILES string of the molecule is C[C@@H](NS(=O)(=O)c1ccc2ccccc2c1)C(=O)Nc1ccc(Oc2ccccc2)cc1. The molecule has 7 heteroatoms. The van der Waals surface area contributed by atoms with Crippen LogP contribution in [-0.2, 0) is 14.8 Å². The van der Waals surface area contributed by atoms with Crippen molar-refractivity contribution < 1.29 is 17.9 Å². The smallest absolute Gasteiger partial charge is 0.242 e. The molecule has 2 N–H and O–H groups in total. The summed E-state index contributed by atoms with van der Waals surface area (Å²) in [5, 5.41) is 4.47. The van der Waals surface area contributed by atoms with Gasteiger partial charge >= 0.3 is 0 Å². The lowest BCUT2D eigenvalue weighted by atomic mass is 10.1. The third-order valence-electron chi connectivity index (χ3n) is 4.86. The number of amides is 1. The van der Waals surface area contributed by atoms with Gasteiger partial charge in [0.2, 0.25) is 15.9 Å². The van der Waals surface area contributed by atoms with E-state index in [4.69, 9.17) is 4.74 Å². The Morgan fingerprint density at radius 3 is 2.12 bits per heavy atom. The van der Waals surface area contributed by atoms with E-state index >= 15 is 0 Å². The zero-order chi connectivity index (χ0) is 22.6. The van der Waals surface area contributed by atoms with Crippen LogP contribution >= 0.6 is 0 Å². The van der Waals surface area contributed by atoms with Crippen molar-refractivity contribution >= 4 is 32.4 Å². The van der Waals surface area contributed by atoms with E-state index in [-0.39, 0.29) is 4.90 Å². The molecule has 0 heterocycles. The first-order valence-electron chi connectivity index (χ1n) is 10.1. The molecule has 6 nitrogen and oxygen atoms in total. The maximum atomic E-state index is 12.8. The quantitative estimate of drug-likeness (QED) is 0.421. The standard InChI is InChI=1S/C25H22N2O4S/c1-18(27-32(29,30)24-16-11-19-7-5-6-8-20(19)17-24)25(28)26-21-12-14-23(15-13-21)31-22-9-3-2-4-10-22/h2-18,27H,1H3,(H,26,28)/t18-/m1/s1. The predicted octanol–water partition coefficient (Wildman–Crippen LogP) is 4.94. The summed E-state index contributed by atoms with van der Waals surface area (Å²) in [6, 6.07) is 27.6. The van der Waals surface area contributed by atoms with Crippen LogP contribution < -0.4 is 14.8 Å². The molecule has 0 radical (unpaired) electrons. The van der Waals surface area contributed by atoms with Gasteiger partial charge in [0.25, 0.3) is 0 Å². The fraction of sp³-hybridized carbons (Fsp3) is 0.0800. The average molecular weight is 447 g/mol. The summed E-state index contributed by atoms with van der Waals surface area (Å²) in [7, 11) is -3.86. The summed E-state index contributed by atoms with van der Waals surface area (Å²) in [6.07, 6.45) is 0. The molecule has 0 aromatic heterocycles. The zero-order valence-corrected chi connectivity index (χ0v) is 18.2. The van der Waals surface area contributed by atoms with Crippen molar-refractivity contribution in [2.45, 2.75) is 17.9 Å². The minimum Gasteiger partial charge on any atom is -0.457 e. The molecule has 162 valence electrons. The van der Waals surface area contributed by atoms with E-state index in [1.54, 1.807) is 36.4 Å². The van der Waals surface area contributed by atoms with Gasteiger partial charge in [0.05, 0.1) is 10.9 Å². The molecule has 32 heavy (non-hydrogen) atoms. The van der Waals surface area contributed by atoms with E-state index in [2.05, 4.69) is 10.0 Å². The second-order valence-electron chi connectivity index (χ2n) is 7.28. The number of anilines is 1. The summed E-state index contributed by atoms with van der Waals surface area (Å²) < 4.78 is 33.7. The van der Waals surface area contributed by atoms with E-state index in [1.807, 2.05) is 54.6 Å². The summed E-state index contributed by atoms with van der Waals surface area (Å²) >= 11 is 0. The van der Waals surface area contributed by atoms with Gasteiger partial charge in [-0.15, -0.1) is 0 Å². The Bertz CT molecular complexity index is 1340. The van der Waals surface area contributed by atoms with Crippen LogP contribution in [0.25, 0.3) is 10.8 Å². The number of fused-ring (bicyclic) bond motifs is 1. The molecule has 4 aromatic carbocycles. The highest BCUT2D eigenvalue weighted by Gasteiger charge is 2.22. The fourth-order valence-corrected chi connectivity index (χ4v) is 4.41. The first-order valence-corrected chi connectivity index (χ1v) is 11.5. The highest BCUT2D eigenvalue weighted by Crippen LogP contribution is 2.23. The molecule has 0 spiro atoms. The van der Waals surface area contributed by atoms with Crippen molar-refractivity contribution in [2.75, 3.05) is 5.32 Å². The number of rotatable bonds is 7. The Morgan fingerprint density at radius 2 is 1.41 bits per heavy atom. The third-order valence-corrected chi connectivity index (χ3v) is 6.40. The Balaban J connectivity index is 1.39.